The molecule has 11 aromatic rings. The highest BCUT2D eigenvalue weighted by Crippen LogP contribution is 2.57. The van der Waals surface area contributed by atoms with Crippen LogP contribution in [0.5, 0.6) is 0 Å². The van der Waals surface area contributed by atoms with E-state index in [1.54, 1.807) is 0 Å². The van der Waals surface area contributed by atoms with Crippen molar-refractivity contribution in [2.75, 3.05) is 0 Å². The molecule has 1 aliphatic carbocycles. The lowest BCUT2D eigenvalue weighted by molar-refractivity contribution is 0.768. The van der Waals surface area contributed by atoms with E-state index in [-0.39, 0.29) is 0 Å². The maximum absolute atomic E-state index is 5.42. The molecule has 0 saturated heterocycles. The summed E-state index contributed by atoms with van der Waals surface area (Å²) in [6.07, 6.45) is 0. The minimum absolute atomic E-state index is 0.435. The average Bonchev–Trinajstić information content (AvgIpc) is 3.64. The fraction of sp³-hybridized carbons (Fsp3) is 0.0169. The Labute approximate surface area is 355 Å². The number of nitrogens with zero attached hydrogens (tertiary/aromatic N) is 2. The van der Waals surface area contributed by atoms with E-state index in [0.29, 0.717) is 5.82 Å². The zero-order valence-corrected chi connectivity index (χ0v) is 33.3. The molecule has 1 aliphatic rings. The van der Waals surface area contributed by atoms with Gasteiger partial charge in [0.25, 0.3) is 0 Å². The Morgan fingerprint density at radius 3 is 1.41 bits per heavy atom. The second-order valence-electron chi connectivity index (χ2n) is 16.0. The Morgan fingerprint density at radius 2 is 0.738 bits per heavy atom. The van der Waals surface area contributed by atoms with E-state index in [9.17, 15) is 0 Å². The Bertz CT molecular complexity index is 3330. The second kappa shape index (κ2) is 14.1. The Hall–Kier alpha value is -7.94. The van der Waals surface area contributed by atoms with Crippen molar-refractivity contribution in [2.24, 2.45) is 0 Å². The summed E-state index contributed by atoms with van der Waals surface area (Å²) < 4.78 is 0. The largest absolute Gasteiger partial charge is 0.228 e. The molecule has 0 aliphatic heterocycles. The average molecular weight is 775 g/mol. The van der Waals surface area contributed by atoms with Gasteiger partial charge in [0.05, 0.1) is 16.8 Å². The summed E-state index contributed by atoms with van der Waals surface area (Å²) in [4.78, 5) is 10.8. The van der Waals surface area contributed by atoms with Gasteiger partial charge in [-0.15, -0.1) is 0 Å². The van der Waals surface area contributed by atoms with E-state index in [1.165, 1.54) is 60.7 Å². The minimum atomic E-state index is -0.435. The van der Waals surface area contributed by atoms with E-state index in [0.717, 1.165) is 44.2 Å². The quantitative estimate of drug-likeness (QED) is 0.168. The molecule has 12 rings (SSSR count). The van der Waals surface area contributed by atoms with Gasteiger partial charge < -0.3 is 0 Å². The van der Waals surface area contributed by atoms with Crippen molar-refractivity contribution in [3.05, 3.63) is 253 Å². The van der Waals surface area contributed by atoms with Crippen LogP contribution in [0.15, 0.2) is 231 Å². The lowest BCUT2D eigenvalue weighted by Crippen LogP contribution is -2.28. The van der Waals surface area contributed by atoms with Crippen LogP contribution < -0.4 is 0 Å². The topological polar surface area (TPSA) is 25.8 Å². The van der Waals surface area contributed by atoms with E-state index in [2.05, 4.69) is 231 Å². The third-order valence-corrected chi connectivity index (χ3v) is 12.8. The normalized spacial score (nSPS) is 12.7. The fourth-order valence-electron chi connectivity index (χ4n) is 10.1. The van der Waals surface area contributed by atoms with Gasteiger partial charge in [-0.1, -0.05) is 218 Å². The van der Waals surface area contributed by atoms with Crippen LogP contribution >= 0.6 is 0 Å². The second-order valence-corrected chi connectivity index (χ2v) is 16.0. The predicted molar refractivity (Wildman–Crippen MR) is 254 cm³/mol. The van der Waals surface area contributed by atoms with Gasteiger partial charge in [-0.2, -0.15) is 0 Å². The third kappa shape index (κ3) is 5.50. The molecule has 284 valence electrons. The molecule has 0 saturated carbocycles. The zero-order chi connectivity index (χ0) is 40.3. The maximum Gasteiger partial charge on any atom is 0.161 e. The first-order valence-corrected chi connectivity index (χ1v) is 21.0. The molecule has 2 heteroatoms. The van der Waals surface area contributed by atoms with Crippen LogP contribution in [0.1, 0.15) is 22.3 Å². The van der Waals surface area contributed by atoms with Crippen molar-refractivity contribution in [2.45, 2.75) is 5.41 Å². The molecule has 2 nitrogen and oxygen atoms in total. The first-order valence-electron chi connectivity index (χ1n) is 21.0. The Morgan fingerprint density at radius 1 is 0.279 bits per heavy atom. The summed E-state index contributed by atoms with van der Waals surface area (Å²) >= 11 is 0. The van der Waals surface area contributed by atoms with Crippen LogP contribution in [0, 0.1) is 0 Å². The zero-order valence-electron chi connectivity index (χ0n) is 33.3. The van der Waals surface area contributed by atoms with Crippen LogP contribution in [0.25, 0.3) is 88.5 Å². The van der Waals surface area contributed by atoms with E-state index in [4.69, 9.17) is 9.97 Å². The molecule has 0 amide bonds. The van der Waals surface area contributed by atoms with Gasteiger partial charge in [0.1, 0.15) is 0 Å². The van der Waals surface area contributed by atoms with Crippen molar-refractivity contribution < 1.29 is 0 Å². The highest BCUT2D eigenvalue weighted by Gasteiger charge is 2.46. The van der Waals surface area contributed by atoms with Gasteiger partial charge >= 0.3 is 0 Å². The summed E-state index contributed by atoms with van der Waals surface area (Å²) in [5.74, 6) is 0.711. The Kier molecular flexibility index (Phi) is 8.11. The molecule has 0 N–H and O–H groups in total. The summed E-state index contributed by atoms with van der Waals surface area (Å²) in [6, 6.07) is 83.5. The van der Waals surface area contributed by atoms with Crippen molar-refractivity contribution in [1.82, 2.24) is 9.97 Å². The maximum atomic E-state index is 5.42. The van der Waals surface area contributed by atoms with Gasteiger partial charge in [-0.05, 0) is 89.0 Å². The van der Waals surface area contributed by atoms with Gasteiger partial charge in [-0.25, -0.2) is 9.97 Å². The summed E-state index contributed by atoms with van der Waals surface area (Å²) in [7, 11) is 0. The van der Waals surface area contributed by atoms with Gasteiger partial charge in [0.2, 0.25) is 0 Å². The van der Waals surface area contributed by atoms with E-state index >= 15 is 0 Å². The standard InChI is InChI=1S/C59H38N2/c1-3-21-42(22-4-1)59(43-23-5-2-6-24-43)54-32-14-13-29-49(54)53-37-41(33-36-55(53)59)46-34-35-51(48-28-12-11-27-47(46)48)57-38-56(50-30-15-19-39-17-7-9-25-44(39)50)60-58(61-57)52-31-16-20-40-18-8-10-26-45(40)52/h1-38H. The fourth-order valence-corrected chi connectivity index (χ4v) is 10.1. The summed E-state index contributed by atoms with van der Waals surface area (Å²) in [6.45, 7) is 0. The molecule has 0 fully saturated rings. The highest BCUT2D eigenvalue weighted by molar-refractivity contribution is 6.06. The molecule has 0 radical (unpaired) electrons. The van der Waals surface area contributed by atoms with Crippen LogP contribution in [-0.4, -0.2) is 9.97 Å². The lowest BCUT2D eigenvalue weighted by atomic mass is 9.67. The minimum Gasteiger partial charge on any atom is -0.228 e. The smallest absolute Gasteiger partial charge is 0.161 e. The highest BCUT2D eigenvalue weighted by atomic mass is 14.9. The van der Waals surface area contributed by atoms with Gasteiger partial charge in [0.15, 0.2) is 5.82 Å². The molecule has 1 heterocycles. The van der Waals surface area contributed by atoms with Crippen molar-refractivity contribution in [1.29, 1.82) is 0 Å². The molecule has 1 aromatic heterocycles. The molecule has 0 atom stereocenters. The van der Waals surface area contributed by atoms with E-state index < -0.39 is 5.41 Å². The summed E-state index contributed by atoms with van der Waals surface area (Å²) in [5.41, 5.74) is 14.6. The molecule has 0 unspecified atom stereocenters. The van der Waals surface area contributed by atoms with E-state index in [1.807, 2.05) is 0 Å². The molecule has 0 spiro atoms. The van der Waals surface area contributed by atoms with Crippen LogP contribution in [-0.2, 0) is 5.41 Å². The Balaban J connectivity index is 1.06. The molecule has 61 heavy (non-hydrogen) atoms. The van der Waals surface area contributed by atoms with Crippen LogP contribution in [0.2, 0.25) is 0 Å². The van der Waals surface area contributed by atoms with Crippen molar-refractivity contribution in [3.63, 3.8) is 0 Å². The third-order valence-electron chi connectivity index (χ3n) is 12.8. The summed E-state index contributed by atoms with van der Waals surface area (Å²) in [5, 5.41) is 6.98. The first-order chi connectivity index (χ1) is 30.3. The number of rotatable bonds is 6. The predicted octanol–water partition coefficient (Wildman–Crippen LogP) is 15.0. The first kappa shape index (κ1) is 35.0. The SMILES string of the molecule is c1ccc(C2(c3ccccc3)c3ccccc3-c3cc(-c4ccc(-c5cc(-c6cccc7ccccc67)nc(-c6cccc7ccccc67)n5)c5ccccc45)ccc32)cc1. The number of fused-ring (bicyclic) bond motifs is 6. The van der Waals surface area contributed by atoms with Crippen molar-refractivity contribution in [3.8, 4) is 56.2 Å². The number of aromatic nitrogens is 2. The number of benzene rings is 10. The molecular formula is C59H38N2. The van der Waals surface area contributed by atoms with Crippen LogP contribution in [0.3, 0.4) is 0 Å². The van der Waals surface area contributed by atoms with Gasteiger partial charge in [-0.3, -0.25) is 0 Å². The lowest BCUT2D eigenvalue weighted by Gasteiger charge is -2.33. The molecular weight excluding hydrogens is 737 g/mol. The van der Waals surface area contributed by atoms with Crippen molar-refractivity contribution >= 4 is 32.3 Å². The number of hydrogen-bond donors (Lipinski definition) is 0. The number of hydrogen-bond acceptors (Lipinski definition) is 2. The molecule has 10 aromatic carbocycles. The molecule has 0 bridgehead atoms. The monoisotopic (exact) mass is 774 g/mol. The van der Waals surface area contributed by atoms with Crippen LogP contribution in [0.4, 0.5) is 0 Å². The van der Waals surface area contributed by atoms with Gasteiger partial charge in [0, 0.05) is 16.7 Å².